The molecule has 0 spiro atoms. The van der Waals surface area contributed by atoms with Gasteiger partial charge in [-0.15, -0.1) is 0 Å². The van der Waals surface area contributed by atoms with Crippen molar-refractivity contribution in [3.05, 3.63) is 121 Å². The van der Waals surface area contributed by atoms with E-state index in [9.17, 15) is 4.39 Å². The molecule has 3 nitrogen and oxygen atoms in total. The number of aromatic nitrogens is 2. The summed E-state index contributed by atoms with van der Waals surface area (Å²) >= 11 is 0. The van der Waals surface area contributed by atoms with Crippen LogP contribution < -0.4 is 0 Å². The van der Waals surface area contributed by atoms with E-state index in [-0.39, 0.29) is 5.82 Å². The molecule has 35 heavy (non-hydrogen) atoms. The molecule has 0 saturated heterocycles. The maximum Gasteiger partial charge on any atom is 0.227 e. The summed E-state index contributed by atoms with van der Waals surface area (Å²) in [7, 11) is 0. The van der Waals surface area contributed by atoms with Crippen molar-refractivity contribution in [1.29, 1.82) is 0 Å². The highest BCUT2D eigenvalue weighted by molar-refractivity contribution is 6.10. The van der Waals surface area contributed by atoms with E-state index in [2.05, 4.69) is 88.4 Å². The fourth-order valence-electron chi connectivity index (χ4n) is 4.83. The van der Waals surface area contributed by atoms with Crippen molar-refractivity contribution in [2.24, 2.45) is 0 Å². The Morgan fingerprint density at radius 2 is 1.31 bits per heavy atom. The quantitative estimate of drug-likeness (QED) is 0.268. The number of oxazole rings is 1. The Morgan fingerprint density at radius 3 is 2.17 bits per heavy atom. The Morgan fingerprint density at radius 1 is 0.600 bits per heavy atom. The molecule has 0 amide bonds. The number of halogens is 1. The molecule has 0 aliphatic rings. The maximum atomic E-state index is 13.5. The highest BCUT2D eigenvalue weighted by Crippen LogP contribution is 2.35. The summed E-state index contributed by atoms with van der Waals surface area (Å²) in [5.41, 5.74) is 7.70. The molecule has 0 N–H and O–H groups in total. The van der Waals surface area contributed by atoms with Gasteiger partial charge in [0.05, 0.1) is 11.0 Å². The molecule has 166 valence electrons. The third kappa shape index (κ3) is 3.22. The van der Waals surface area contributed by atoms with Crippen molar-refractivity contribution >= 4 is 32.9 Å². The molecule has 0 atom stereocenters. The van der Waals surface area contributed by atoms with E-state index in [1.54, 1.807) is 6.07 Å². The second kappa shape index (κ2) is 7.67. The molecule has 4 heteroatoms. The average molecular weight is 455 g/mol. The summed E-state index contributed by atoms with van der Waals surface area (Å²) in [6.45, 7) is 0. The molecule has 7 rings (SSSR count). The first-order chi connectivity index (χ1) is 17.2. The second-order valence-corrected chi connectivity index (χ2v) is 8.63. The number of nitrogens with zero attached hydrogens (tertiary/aromatic N) is 2. The standard InChI is InChI=1S/C31H19FN2O/c32-23-15-16-27-30(19-23)35-31(33-27)21-12-10-20(11-13-21)22-14-17-29-26(18-22)25-8-4-5-9-28(25)34(29)24-6-2-1-3-7-24/h1-19H. The Bertz CT molecular complexity index is 1850. The molecule has 0 radical (unpaired) electrons. The monoisotopic (exact) mass is 454 g/mol. The van der Waals surface area contributed by atoms with E-state index in [4.69, 9.17) is 4.42 Å². The zero-order valence-corrected chi connectivity index (χ0v) is 18.7. The van der Waals surface area contributed by atoms with Gasteiger partial charge in [0.25, 0.3) is 0 Å². The number of hydrogen-bond donors (Lipinski definition) is 0. The van der Waals surface area contributed by atoms with Gasteiger partial charge in [-0.25, -0.2) is 9.37 Å². The Balaban J connectivity index is 1.32. The first kappa shape index (κ1) is 19.7. The molecule has 5 aromatic carbocycles. The van der Waals surface area contributed by atoms with E-state index in [1.807, 2.05) is 18.2 Å². The van der Waals surface area contributed by atoms with Crippen LogP contribution in [0.1, 0.15) is 0 Å². The molecular formula is C31H19FN2O. The molecule has 0 aliphatic heterocycles. The molecule has 0 saturated carbocycles. The average Bonchev–Trinajstić information content (AvgIpc) is 3.48. The van der Waals surface area contributed by atoms with Gasteiger partial charge in [-0.1, -0.05) is 54.6 Å². The highest BCUT2D eigenvalue weighted by Gasteiger charge is 2.13. The zero-order valence-electron chi connectivity index (χ0n) is 18.7. The molecular weight excluding hydrogens is 435 g/mol. The van der Waals surface area contributed by atoms with E-state index in [1.165, 1.54) is 33.9 Å². The van der Waals surface area contributed by atoms with Crippen LogP contribution in [0, 0.1) is 5.82 Å². The number of hydrogen-bond acceptors (Lipinski definition) is 2. The second-order valence-electron chi connectivity index (χ2n) is 8.63. The lowest BCUT2D eigenvalue weighted by Gasteiger charge is -2.08. The Labute approximate surface area is 200 Å². The van der Waals surface area contributed by atoms with E-state index < -0.39 is 0 Å². The van der Waals surface area contributed by atoms with Gasteiger partial charge in [-0.2, -0.15) is 0 Å². The summed E-state index contributed by atoms with van der Waals surface area (Å²) in [6, 6.07) is 38.1. The lowest BCUT2D eigenvalue weighted by Crippen LogP contribution is -1.92. The largest absolute Gasteiger partial charge is 0.436 e. The first-order valence-electron chi connectivity index (χ1n) is 11.5. The summed E-state index contributed by atoms with van der Waals surface area (Å²) in [5.74, 6) is 0.151. The van der Waals surface area contributed by atoms with Gasteiger partial charge in [0.15, 0.2) is 5.58 Å². The third-order valence-electron chi connectivity index (χ3n) is 6.50. The van der Waals surface area contributed by atoms with Gasteiger partial charge in [0, 0.05) is 28.1 Å². The third-order valence-corrected chi connectivity index (χ3v) is 6.50. The summed E-state index contributed by atoms with van der Waals surface area (Å²) in [5, 5.41) is 2.44. The van der Waals surface area contributed by atoms with Crippen molar-refractivity contribution in [2.45, 2.75) is 0 Å². The minimum absolute atomic E-state index is 0.334. The van der Waals surface area contributed by atoms with Crippen molar-refractivity contribution < 1.29 is 8.81 Å². The van der Waals surface area contributed by atoms with Crippen LogP contribution in [0.3, 0.4) is 0 Å². The lowest BCUT2D eigenvalue weighted by atomic mass is 10.0. The Hall–Kier alpha value is -4.70. The first-order valence-corrected chi connectivity index (χ1v) is 11.5. The molecule has 0 unspecified atom stereocenters. The minimum atomic E-state index is -0.334. The van der Waals surface area contributed by atoms with Crippen LogP contribution in [-0.4, -0.2) is 9.55 Å². The fraction of sp³-hybridized carbons (Fsp3) is 0. The topological polar surface area (TPSA) is 31.0 Å². The molecule has 0 bridgehead atoms. The van der Waals surface area contributed by atoms with Gasteiger partial charge < -0.3 is 8.98 Å². The Kier molecular flexibility index (Phi) is 4.33. The van der Waals surface area contributed by atoms with E-state index in [0.29, 0.717) is 17.0 Å². The number of rotatable bonds is 3. The fourth-order valence-corrected chi connectivity index (χ4v) is 4.83. The normalized spacial score (nSPS) is 11.6. The summed E-state index contributed by atoms with van der Waals surface area (Å²) in [4.78, 5) is 4.50. The van der Waals surface area contributed by atoms with Gasteiger partial charge in [0.1, 0.15) is 11.3 Å². The van der Waals surface area contributed by atoms with Crippen molar-refractivity contribution in [2.75, 3.05) is 0 Å². The smallest absolute Gasteiger partial charge is 0.227 e. The minimum Gasteiger partial charge on any atom is -0.436 e. The van der Waals surface area contributed by atoms with Crippen LogP contribution in [-0.2, 0) is 0 Å². The van der Waals surface area contributed by atoms with Crippen LogP contribution in [0.5, 0.6) is 0 Å². The predicted octanol–water partition coefficient (Wildman–Crippen LogP) is 8.40. The molecule has 0 fully saturated rings. The van der Waals surface area contributed by atoms with Crippen molar-refractivity contribution in [3.8, 4) is 28.3 Å². The molecule has 7 aromatic rings. The van der Waals surface area contributed by atoms with Crippen LogP contribution in [0.25, 0.3) is 61.2 Å². The molecule has 0 aliphatic carbocycles. The summed E-state index contributed by atoms with van der Waals surface area (Å²) in [6.07, 6.45) is 0. The number of fused-ring (bicyclic) bond motifs is 4. The van der Waals surface area contributed by atoms with E-state index in [0.717, 1.165) is 22.4 Å². The SMILES string of the molecule is Fc1ccc2nc(-c3ccc(-c4ccc5c(c4)c4ccccc4n5-c4ccccc4)cc3)oc2c1. The van der Waals surface area contributed by atoms with E-state index >= 15 is 0 Å². The lowest BCUT2D eigenvalue weighted by molar-refractivity contribution is 0.602. The molecule has 2 aromatic heterocycles. The highest BCUT2D eigenvalue weighted by atomic mass is 19.1. The van der Waals surface area contributed by atoms with Crippen molar-refractivity contribution in [1.82, 2.24) is 9.55 Å². The molecule has 2 heterocycles. The van der Waals surface area contributed by atoms with Gasteiger partial charge >= 0.3 is 0 Å². The zero-order chi connectivity index (χ0) is 23.4. The van der Waals surface area contributed by atoms with Crippen LogP contribution >= 0.6 is 0 Å². The van der Waals surface area contributed by atoms with Gasteiger partial charge in [-0.05, 0) is 65.7 Å². The number of para-hydroxylation sites is 2. The maximum absolute atomic E-state index is 13.5. The van der Waals surface area contributed by atoms with Crippen LogP contribution in [0.4, 0.5) is 4.39 Å². The number of benzene rings is 5. The van der Waals surface area contributed by atoms with Crippen LogP contribution in [0.15, 0.2) is 120 Å². The predicted molar refractivity (Wildman–Crippen MR) is 139 cm³/mol. The van der Waals surface area contributed by atoms with Gasteiger partial charge in [0.2, 0.25) is 5.89 Å². The van der Waals surface area contributed by atoms with Crippen molar-refractivity contribution in [3.63, 3.8) is 0 Å². The van der Waals surface area contributed by atoms with Crippen LogP contribution in [0.2, 0.25) is 0 Å². The summed E-state index contributed by atoms with van der Waals surface area (Å²) < 4.78 is 21.6. The van der Waals surface area contributed by atoms with Gasteiger partial charge in [-0.3, -0.25) is 0 Å².